The van der Waals surface area contributed by atoms with Gasteiger partial charge in [0.25, 0.3) is 0 Å². The summed E-state index contributed by atoms with van der Waals surface area (Å²) in [6.07, 6.45) is 2.38. The highest BCUT2D eigenvalue weighted by Gasteiger charge is 2.20. The summed E-state index contributed by atoms with van der Waals surface area (Å²) in [7, 11) is 1.80. The summed E-state index contributed by atoms with van der Waals surface area (Å²) in [6, 6.07) is 0.378. The van der Waals surface area contributed by atoms with E-state index in [2.05, 4.69) is 25.2 Å². The van der Waals surface area contributed by atoms with Crippen molar-refractivity contribution in [3.05, 3.63) is 0 Å². The van der Waals surface area contributed by atoms with Crippen LogP contribution in [-0.2, 0) is 0 Å². The van der Waals surface area contributed by atoms with Crippen LogP contribution in [-0.4, -0.2) is 40.7 Å². The van der Waals surface area contributed by atoms with Crippen LogP contribution in [0.5, 0.6) is 6.01 Å². The fourth-order valence-electron chi connectivity index (χ4n) is 1.84. The molecule has 0 spiro atoms. The monoisotopic (exact) mass is 251 g/mol. The minimum Gasteiger partial charge on any atom is -0.458 e. The molecule has 6 nitrogen and oxygen atoms in total. The Balaban J connectivity index is 2.26. The Labute approximate surface area is 108 Å². The number of aromatic nitrogens is 3. The van der Waals surface area contributed by atoms with Gasteiger partial charge in [-0.15, -0.1) is 0 Å². The van der Waals surface area contributed by atoms with E-state index in [0.29, 0.717) is 17.9 Å². The SMILES string of the molecule is CNc1nc(OC(C)(C)C)nc(N2CCCC2)n1. The summed E-state index contributed by atoms with van der Waals surface area (Å²) in [5, 5.41) is 2.95. The molecule has 6 heteroatoms. The number of anilines is 2. The Bertz CT molecular complexity index is 409. The number of nitrogens with zero attached hydrogens (tertiary/aromatic N) is 4. The molecule has 0 amide bonds. The first kappa shape index (κ1) is 12.9. The van der Waals surface area contributed by atoms with Crippen molar-refractivity contribution in [1.82, 2.24) is 15.0 Å². The smallest absolute Gasteiger partial charge is 0.323 e. The first-order chi connectivity index (χ1) is 8.48. The van der Waals surface area contributed by atoms with Crippen molar-refractivity contribution < 1.29 is 4.74 Å². The maximum Gasteiger partial charge on any atom is 0.323 e. The molecule has 0 unspecified atom stereocenters. The van der Waals surface area contributed by atoms with E-state index in [1.165, 1.54) is 12.8 Å². The van der Waals surface area contributed by atoms with E-state index >= 15 is 0 Å². The molecule has 1 aromatic heterocycles. The first-order valence-corrected chi connectivity index (χ1v) is 6.36. The highest BCUT2D eigenvalue weighted by Crippen LogP contribution is 2.21. The Morgan fingerprint density at radius 2 is 1.78 bits per heavy atom. The molecule has 0 bridgehead atoms. The third-order valence-electron chi connectivity index (χ3n) is 2.61. The molecule has 1 aromatic rings. The van der Waals surface area contributed by atoms with Crippen LogP contribution in [0.3, 0.4) is 0 Å². The van der Waals surface area contributed by atoms with E-state index < -0.39 is 0 Å². The minimum absolute atomic E-state index is 0.311. The number of ether oxygens (including phenoxy) is 1. The predicted octanol–water partition coefficient (Wildman–Crippen LogP) is 1.69. The molecule has 1 N–H and O–H groups in total. The lowest BCUT2D eigenvalue weighted by molar-refractivity contribution is 0.117. The summed E-state index contributed by atoms with van der Waals surface area (Å²) >= 11 is 0. The maximum absolute atomic E-state index is 5.72. The van der Waals surface area contributed by atoms with Gasteiger partial charge in [0.2, 0.25) is 11.9 Å². The van der Waals surface area contributed by atoms with Crippen molar-refractivity contribution in [3.8, 4) is 6.01 Å². The standard InChI is InChI=1S/C12H21N5O/c1-12(2,3)18-11-15-9(13-4)14-10(16-11)17-7-5-6-8-17/h5-8H2,1-4H3,(H,13,14,15,16). The van der Waals surface area contributed by atoms with Crippen LogP contribution < -0.4 is 15.0 Å². The molecule has 0 aliphatic carbocycles. The van der Waals surface area contributed by atoms with E-state index in [-0.39, 0.29) is 5.60 Å². The lowest BCUT2D eigenvalue weighted by Crippen LogP contribution is -2.26. The van der Waals surface area contributed by atoms with Gasteiger partial charge in [0.15, 0.2) is 0 Å². The van der Waals surface area contributed by atoms with Crippen LogP contribution in [0.2, 0.25) is 0 Å². The molecule has 18 heavy (non-hydrogen) atoms. The van der Waals surface area contributed by atoms with Gasteiger partial charge < -0.3 is 15.0 Å². The molecule has 2 heterocycles. The van der Waals surface area contributed by atoms with E-state index in [9.17, 15) is 0 Å². The van der Waals surface area contributed by atoms with Gasteiger partial charge in [0, 0.05) is 20.1 Å². The van der Waals surface area contributed by atoms with Crippen molar-refractivity contribution in [1.29, 1.82) is 0 Å². The van der Waals surface area contributed by atoms with Crippen LogP contribution >= 0.6 is 0 Å². The zero-order valence-electron chi connectivity index (χ0n) is 11.5. The Hall–Kier alpha value is -1.59. The fourth-order valence-corrected chi connectivity index (χ4v) is 1.84. The van der Waals surface area contributed by atoms with Gasteiger partial charge in [-0.1, -0.05) is 0 Å². The van der Waals surface area contributed by atoms with Crippen LogP contribution in [0.25, 0.3) is 0 Å². The predicted molar refractivity (Wildman–Crippen MR) is 71.2 cm³/mol. The average Bonchev–Trinajstić information content (AvgIpc) is 2.79. The van der Waals surface area contributed by atoms with E-state index in [0.717, 1.165) is 13.1 Å². The van der Waals surface area contributed by atoms with Crippen LogP contribution in [0.4, 0.5) is 11.9 Å². The molecule has 1 fully saturated rings. The van der Waals surface area contributed by atoms with Crippen LogP contribution in [0.1, 0.15) is 33.6 Å². The normalized spacial score (nSPS) is 15.9. The second-order valence-electron chi connectivity index (χ2n) is 5.40. The molecule has 0 radical (unpaired) electrons. The average molecular weight is 251 g/mol. The van der Waals surface area contributed by atoms with Gasteiger partial charge in [0.05, 0.1) is 0 Å². The molecule has 100 valence electrons. The second-order valence-corrected chi connectivity index (χ2v) is 5.40. The second kappa shape index (κ2) is 4.96. The summed E-state index contributed by atoms with van der Waals surface area (Å²) < 4.78 is 5.72. The zero-order valence-corrected chi connectivity index (χ0v) is 11.5. The molecule has 1 aliphatic heterocycles. The van der Waals surface area contributed by atoms with E-state index in [4.69, 9.17) is 4.74 Å². The Kier molecular flexibility index (Phi) is 3.54. The lowest BCUT2D eigenvalue weighted by Gasteiger charge is -2.21. The minimum atomic E-state index is -0.311. The van der Waals surface area contributed by atoms with Crippen molar-refractivity contribution in [2.75, 3.05) is 30.4 Å². The number of hydrogen-bond donors (Lipinski definition) is 1. The van der Waals surface area contributed by atoms with Crippen molar-refractivity contribution in [2.24, 2.45) is 0 Å². The summed E-state index contributed by atoms with van der Waals surface area (Å²) in [5.41, 5.74) is -0.311. The summed E-state index contributed by atoms with van der Waals surface area (Å²) in [6.45, 7) is 7.94. The molecule has 0 atom stereocenters. The highest BCUT2D eigenvalue weighted by atomic mass is 16.5. The van der Waals surface area contributed by atoms with Crippen molar-refractivity contribution in [2.45, 2.75) is 39.2 Å². The molecule has 1 aliphatic rings. The Morgan fingerprint density at radius 1 is 1.11 bits per heavy atom. The molecule has 1 saturated heterocycles. The largest absolute Gasteiger partial charge is 0.458 e. The molecular weight excluding hydrogens is 230 g/mol. The lowest BCUT2D eigenvalue weighted by atomic mass is 10.2. The summed E-state index contributed by atoms with van der Waals surface area (Å²) in [4.78, 5) is 15.2. The topological polar surface area (TPSA) is 63.2 Å². The van der Waals surface area contributed by atoms with E-state index in [1.807, 2.05) is 20.8 Å². The van der Waals surface area contributed by atoms with Gasteiger partial charge in [-0.25, -0.2) is 0 Å². The maximum atomic E-state index is 5.72. The van der Waals surface area contributed by atoms with Gasteiger partial charge in [0.1, 0.15) is 5.60 Å². The van der Waals surface area contributed by atoms with Gasteiger partial charge >= 0.3 is 6.01 Å². The van der Waals surface area contributed by atoms with Crippen molar-refractivity contribution in [3.63, 3.8) is 0 Å². The zero-order chi connectivity index (χ0) is 13.2. The van der Waals surface area contributed by atoms with Gasteiger partial charge in [-0.2, -0.15) is 15.0 Å². The van der Waals surface area contributed by atoms with E-state index in [1.54, 1.807) is 7.05 Å². The van der Waals surface area contributed by atoms with Crippen LogP contribution in [0.15, 0.2) is 0 Å². The quantitative estimate of drug-likeness (QED) is 0.882. The number of nitrogens with one attached hydrogen (secondary N) is 1. The Morgan fingerprint density at radius 3 is 2.33 bits per heavy atom. The molecular formula is C12H21N5O. The van der Waals surface area contributed by atoms with Gasteiger partial charge in [-0.05, 0) is 33.6 Å². The first-order valence-electron chi connectivity index (χ1n) is 6.36. The summed E-state index contributed by atoms with van der Waals surface area (Å²) in [5.74, 6) is 1.25. The third-order valence-corrected chi connectivity index (χ3v) is 2.61. The number of hydrogen-bond acceptors (Lipinski definition) is 6. The number of rotatable bonds is 3. The molecule has 0 saturated carbocycles. The third kappa shape index (κ3) is 3.21. The molecule has 0 aromatic carbocycles. The fraction of sp³-hybridized carbons (Fsp3) is 0.750. The highest BCUT2D eigenvalue weighted by molar-refractivity contribution is 5.38. The molecule has 2 rings (SSSR count). The van der Waals surface area contributed by atoms with Gasteiger partial charge in [-0.3, -0.25) is 0 Å². The van der Waals surface area contributed by atoms with Crippen LogP contribution in [0, 0.1) is 0 Å². The van der Waals surface area contributed by atoms with Crippen molar-refractivity contribution >= 4 is 11.9 Å².